The number of methoxy groups -OCH3 is 1. The number of hydrogen-bond donors (Lipinski definition) is 2. The molecule has 39 heavy (non-hydrogen) atoms. The van der Waals surface area contributed by atoms with Gasteiger partial charge in [0.2, 0.25) is 11.8 Å². The topological polar surface area (TPSA) is 123 Å². The number of amides is 2. The van der Waals surface area contributed by atoms with Crippen LogP contribution in [0.25, 0.3) is 0 Å². The van der Waals surface area contributed by atoms with E-state index >= 15 is 0 Å². The summed E-state index contributed by atoms with van der Waals surface area (Å²) in [6.45, 7) is 5.76. The zero-order valence-electron chi connectivity index (χ0n) is 22.5. The molecule has 0 aliphatic carbocycles. The van der Waals surface area contributed by atoms with Gasteiger partial charge in [-0.05, 0) is 62.6 Å². The Morgan fingerprint density at radius 3 is 2.64 bits per heavy atom. The van der Waals surface area contributed by atoms with Gasteiger partial charge in [0, 0.05) is 31.1 Å². The molecule has 2 atom stereocenters. The summed E-state index contributed by atoms with van der Waals surface area (Å²) < 4.78 is 13.2. The van der Waals surface area contributed by atoms with Crippen molar-refractivity contribution in [3.8, 4) is 23.0 Å². The molecule has 0 saturated carbocycles. The van der Waals surface area contributed by atoms with Crippen LogP contribution in [0.5, 0.6) is 23.0 Å². The van der Waals surface area contributed by atoms with Gasteiger partial charge in [-0.15, -0.1) is 0 Å². The molecule has 2 amide bonds. The normalized spacial score (nSPS) is 18.7. The van der Waals surface area contributed by atoms with Crippen molar-refractivity contribution in [3.63, 3.8) is 0 Å². The highest BCUT2D eigenvalue weighted by molar-refractivity contribution is 5.96. The number of ether oxygens (including phenoxy) is 2. The van der Waals surface area contributed by atoms with E-state index in [0.717, 1.165) is 11.1 Å². The minimum absolute atomic E-state index is 0.00175. The first-order chi connectivity index (χ1) is 18.6. The second kappa shape index (κ2) is 10.4. The van der Waals surface area contributed by atoms with Gasteiger partial charge in [-0.1, -0.05) is 12.1 Å². The number of phenols is 1. The Morgan fingerprint density at radius 2 is 1.92 bits per heavy atom. The van der Waals surface area contributed by atoms with Gasteiger partial charge >= 0.3 is 0 Å². The molecular formula is C29H32N4O6. The lowest BCUT2D eigenvalue weighted by Gasteiger charge is -2.21. The highest BCUT2D eigenvalue weighted by Gasteiger charge is 2.38. The molecule has 0 spiro atoms. The predicted octanol–water partition coefficient (Wildman–Crippen LogP) is 3.27. The number of nitrogens with one attached hydrogen (secondary N) is 1. The van der Waals surface area contributed by atoms with Crippen LogP contribution in [0.15, 0.2) is 36.4 Å². The largest absolute Gasteiger partial charge is 0.504 e. The first-order valence-electron chi connectivity index (χ1n) is 12.9. The van der Waals surface area contributed by atoms with Crippen LogP contribution in [0.4, 0.5) is 0 Å². The zero-order chi connectivity index (χ0) is 27.8. The molecule has 2 aromatic carbocycles. The van der Waals surface area contributed by atoms with Gasteiger partial charge in [-0.3, -0.25) is 19.1 Å². The summed E-state index contributed by atoms with van der Waals surface area (Å²) in [4.78, 5) is 40.1. The van der Waals surface area contributed by atoms with Crippen molar-refractivity contribution in [2.24, 2.45) is 0 Å². The van der Waals surface area contributed by atoms with Crippen LogP contribution in [-0.4, -0.2) is 63.6 Å². The zero-order valence-corrected chi connectivity index (χ0v) is 22.5. The van der Waals surface area contributed by atoms with E-state index in [0.29, 0.717) is 48.0 Å². The number of rotatable bonds is 4. The maximum absolute atomic E-state index is 13.4. The monoisotopic (exact) mass is 532 g/mol. The third kappa shape index (κ3) is 5.19. The van der Waals surface area contributed by atoms with Crippen molar-refractivity contribution < 1.29 is 29.0 Å². The average Bonchev–Trinajstić information content (AvgIpc) is 3.43. The van der Waals surface area contributed by atoms with E-state index in [-0.39, 0.29) is 54.0 Å². The number of Topliss-reactive ketones (excluding diaryl/α,β-unsaturated/α-hetero) is 1. The number of aromatic nitrogens is 2. The number of carbonyl (C=O) groups is 3. The van der Waals surface area contributed by atoms with E-state index in [1.807, 2.05) is 12.1 Å². The Bertz CT molecular complexity index is 1460. The number of benzene rings is 2. The smallest absolute Gasteiger partial charge is 0.244 e. The molecule has 1 fully saturated rings. The first-order valence-corrected chi connectivity index (χ1v) is 12.9. The van der Waals surface area contributed by atoms with E-state index in [9.17, 15) is 19.5 Å². The van der Waals surface area contributed by atoms with Gasteiger partial charge in [0.05, 0.1) is 24.4 Å². The van der Waals surface area contributed by atoms with Crippen molar-refractivity contribution in [2.75, 3.05) is 20.2 Å². The standard InChI is InChI=1S/C29H32N4O6/c1-16-29(18(3)34)17(2)33(31-16)15-28(37)32-13-21-20-7-9-24(38-4)26(12-20)39-25-11-19(5-8-23(25)35)6-10-27(36)30-22(21)14-32/h5,7-9,11-12,21-22,35H,6,10,13-15H2,1-4H3,(H,30,36)/t21-,22+/m0/s1. The maximum atomic E-state index is 13.4. The van der Waals surface area contributed by atoms with Crippen molar-refractivity contribution in [1.82, 2.24) is 20.0 Å². The van der Waals surface area contributed by atoms with Crippen LogP contribution in [0, 0.1) is 13.8 Å². The number of carbonyl (C=O) groups excluding carboxylic acids is 3. The van der Waals surface area contributed by atoms with Gasteiger partial charge < -0.3 is 24.8 Å². The summed E-state index contributed by atoms with van der Waals surface area (Å²) in [6.07, 6.45) is 0.718. The van der Waals surface area contributed by atoms with Crippen LogP contribution in [-0.2, 0) is 22.6 Å². The number of ketones is 1. The Hall–Kier alpha value is -4.34. The lowest BCUT2D eigenvalue weighted by Crippen LogP contribution is -2.41. The number of likely N-dealkylation sites (tertiary alicyclic amines) is 1. The van der Waals surface area contributed by atoms with Crippen LogP contribution in [0.2, 0.25) is 0 Å². The quantitative estimate of drug-likeness (QED) is 0.495. The molecule has 5 rings (SSSR count). The Labute approximate surface area is 226 Å². The third-order valence-electron chi connectivity index (χ3n) is 7.54. The van der Waals surface area contributed by atoms with Crippen molar-refractivity contribution in [1.29, 1.82) is 0 Å². The third-order valence-corrected chi connectivity index (χ3v) is 7.54. The average molecular weight is 533 g/mol. The Morgan fingerprint density at radius 1 is 1.13 bits per heavy atom. The number of phenolic OH excluding ortho intramolecular Hbond substituents is 1. The molecule has 0 radical (unpaired) electrons. The van der Waals surface area contributed by atoms with E-state index < -0.39 is 0 Å². The van der Waals surface area contributed by atoms with Crippen molar-refractivity contribution in [3.05, 3.63) is 64.5 Å². The Kier molecular flexibility index (Phi) is 7.03. The summed E-state index contributed by atoms with van der Waals surface area (Å²) in [5.41, 5.74) is 3.51. The second-order valence-corrected chi connectivity index (χ2v) is 10.2. The molecule has 1 aromatic heterocycles. The van der Waals surface area contributed by atoms with E-state index in [2.05, 4.69) is 10.4 Å². The first kappa shape index (κ1) is 26.3. The number of aromatic hydroxyl groups is 1. The fourth-order valence-electron chi connectivity index (χ4n) is 5.53. The number of aryl methyl sites for hydroxylation is 2. The molecule has 2 aliphatic rings. The van der Waals surface area contributed by atoms with Gasteiger partial charge in [0.15, 0.2) is 28.8 Å². The molecule has 2 aliphatic heterocycles. The van der Waals surface area contributed by atoms with Gasteiger partial charge in [-0.25, -0.2) is 0 Å². The second-order valence-electron chi connectivity index (χ2n) is 10.2. The molecule has 4 bridgehead atoms. The number of fused-ring (bicyclic) bond motifs is 6. The fraction of sp³-hybridized carbons (Fsp3) is 0.379. The molecule has 204 valence electrons. The van der Waals surface area contributed by atoms with Crippen LogP contribution < -0.4 is 14.8 Å². The van der Waals surface area contributed by atoms with Crippen LogP contribution in [0.3, 0.4) is 0 Å². The predicted molar refractivity (Wildman–Crippen MR) is 142 cm³/mol. The fourth-order valence-corrected chi connectivity index (χ4v) is 5.53. The molecule has 1 saturated heterocycles. The Balaban J connectivity index is 1.46. The molecule has 2 N–H and O–H groups in total. The summed E-state index contributed by atoms with van der Waals surface area (Å²) in [5, 5.41) is 18.0. The summed E-state index contributed by atoms with van der Waals surface area (Å²) >= 11 is 0. The lowest BCUT2D eigenvalue weighted by molar-refractivity contribution is -0.131. The van der Waals surface area contributed by atoms with Crippen LogP contribution >= 0.6 is 0 Å². The molecule has 10 nitrogen and oxygen atoms in total. The highest BCUT2D eigenvalue weighted by atomic mass is 16.5. The van der Waals surface area contributed by atoms with Crippen molar-refractivity contribution >= 4 is 17.6 Å². The van der Waals surface area contributed by atoms with Crippen LogP contribution in [0.1, 0.15) is 52.1 Å². The molecule has 10 heteroatoms. The van der Waals surface area contributed by atoms with Gasteiger partial charge in [0.25, 0.3) is 0 Å². The molecular weight excluding hydrogens is 500 g/mol. The van der Waals surface area contributed by atoms with Gasteiger partial charge in [-0.2, -0.15) is 5.10 Å². The maximum Gasteiger partial charge on any atom is 0.244 e. The highest BCUT2D eigenvalue weighted by Crippen LogP contribution is 2.40. The van der Waals surface area contributed by atoms with Gasteiger partial charge in [0.1, 0.15) is 6.54 Å². The summed E-state index contributed by atoms with van der Waals surface area (Å²) in [7, 11) is 1.54. The van der Waals surface area contributed by atoms with E-state index in [1.54, 1.807) is 54.8 Å². The minimum Gasteiger partial charge on any atom is -0.504 e. The molecule has 0 unspecified atom stereocenters. The SMILES string of the molecule is COc1ccc2cc1Oc1cc(ccc1O)CCC(=O)N[C@@H]1CN(C(=O)Cn3nc(C)c(C(C)=O)c3C)C[C@@H]21. The number of hydrogen-bond acceptors (Lipinski definition) is 7. The molecule has 3 aromatic rings. The number of nitrogens with zero attached hydrogens (tertiary/aromatic N) is 3. The van der Waals surface area contributed by atoms with E-state index in [1.165, 1.54) is 6.92 Å². The van der Waals surface area contributed by atoms with E-state index in [4.69, 9.17) is 9.47 Å². The molecule has 3 heterocycles. The minimum atomic E-state index is -0.312. The lowest BCUT2D eigenvalue weighted by atomic mass is 9.93. The summed E-state index contributed by atoms with van der Waals surface area (Å²) in [6, 6.07) is 10.3. The van der Waals surface area contributed by atoms with Crippen molar-refractivity contribution in [2.45, 2.75) is 52.1 Å². The summed E-state index contributed by atoms with van der Waals surface area (Å²) in [5.74, 6) is 0.632.